The van der Waals surface area contributed by atoms with Crippen molar-refractivity contribution in [1.82, 2.24) is 24.6 Å². The molecule has 0 atom stereocenters. The molecule has 1 aromatic carbocycles. The van der Waals surface area contributed by atoms with Gasteiger partial charge in [0, 0.05) is 42.7 Å². The second kappa shape index (κ2) is 8.63. The number of ether oxygens (including phenoxy) is 1. The summed E-state index contributed by atoms with van der Waals surface area (Å²) >= 11 is 0. The molecule has 8 nitrogen and oxygen atoms in total. The van der Waals surface area contributed by atoms with Crippen LogP contribution >= 0.6 is 0 Å². The Labute approximate surface area is 188 Å². The summed E-state index contributed by atoms with van der Waals surface area (Å²) in [5.41, 5.74) is 13.3. The van der Waals surface area contributed by atoms with Gasteiger partial charge in [0.2, 0.25) is 5.95 Å². The highest BCUT2D eigenvalue weighted by Gasteiger charge is 2.19. The van der Waals surface area contributed by atoms with Crippen LogP contribution in [-0.2, 0) is 13.0 Å². The van der Waals surface area contributed by atoms with Crippen molar-refractivity contribution in [2.45, 2.75) is 32.2 Å². The van der Waals surface area contributed by atoms with Crippen molar-refractivity contribution >= 4 is 22.9 Å². The van der Waals surface area contributed by atoms with E-state index in [-0.39, 0.29) is 0 Å². The van der Waals surface area contributed by atoms with E-state index >= 15 is 0 Å². The van der Waals surface area contributed by atoms with Crippen LogP contribution in [0.2, 0.25) is 0 Å². The number of aromatic nitrogens is 4. The number of nitrogen functional groups attached to an aromatic ring is 1. The van der Waals surface area contributed by atoms with E-state index in [0.717, 1.165) is 55.0 Å². The van der Waals surface area contributed by atoms with Crippen LogP contribution in [0.1, 0.15) is 30.5 Å². The molecule has 4 heterocycles. The fourth-order valence-electron chi connectivity index (χ4n) is 4.48. The van der Waals surface area contributed by atoms with Crippen LogP contribution in [0.4, 0.5) is 17.3 Å². The van der Waals surface area contributed by atoms with Gasteiger partial charge in [-0.3, -0.25) is 4.68 Å². The first-order chi connectivity index (χ1) is 15.6. The van der Waals surface area contributed by atoms with Crippen LogP contribution in [0.15, 0.2) is 36.7 Å². The van der Waals surface area contributed by atoms with Crippen LogP contribution < -0.4 is 15.8 Å². The van der Waals surface area contributed by atoms with Crippen LogP contribution in [0.25, 0.3) is 16.8 Å². The Morgan fingerprint density at radius 3 is 2.84 bits per heavy atom. The van der Waals surface area contributed by atoms with Crippen LogP contribution in [0, 0.1) is 0 Å². The van der Waals surface area contributed by atoms with Crippen molar-refractivity contribution in [2.24, 2.45) is 0 Å². The van der Waals surface area contributed by atoms with Crippen molar-refractivity contribution in [1.29, 1.82) is 0 Å². The Balaban J connectivity index is 1.50. The van der Waals surface area contributed by atoms with Crippen LogP contribution in [-0.4, -0.2) is 51.9 Å². The number of methoxy groups -OCH3 is 1. The fraction of sp³-hybridized carbons (Fsp3) is 0.375. The lowest BCUT2D eigenvalue weighted by molar-refractivity contribution is 0.370. The molecule has 2 aliphatic heterocycles. The lowest BCUT2D eigenvalue weighted by atomic mass is 9.97. The number of nitrogens with one attached hydrogen (secondary N) is 1. The maximum atomic E-state index is 6.24. The molecule has 0 spiro atoms. The third-order valence-corrected chi connectivity index (χ3v) is 6.29. The van der Waals surface area contributed by atoms with E-state index in [9.17, 15) is 0 Å². The minimum atomic E-state index is 0.539. The summed E-state index contributed by atoms with van der Waals surface area (Å²) in [4.78, 5) is 11.6. The summed E-state index contributed by atoms with van der Waals surface area (Å²) in [7, 11) is 3.77. The number of rotatable bonds is 5. The maximum Gasteiger partial charge on any atom is 0.227 e. The molecule has 0 unspecified atom stereocenters. The summed E-state index contributed by atoms with van der Waals surface area (Å²) < 4.78 is 7.59. The van der Waals surface area contributed by atoms with Gasteiger partial charge >= 0.3 is 0 Å². The Bertz CT molecular complexity index is 1170. The van der Waals surface area contributed by atoms with Crippen molar-refractivity contribution in [3.05, 3.63) is 47.9 Å². The predicted molar refractivity (Wildman–Crippen MR) is 127 cm³/mol. The largest absolute Gasteiger partial charge is 0.495 e. The Kier molecular flexibility index (Phi) is 5.53. The molecule has 0 aliphatic carbocycles. The zero-order valence-electron chi connectivity index (χ0n) is 18.6. The zero-order chi connectivity index (χ0) is 22.1. The number of hydrogen-bond acceptors (Lipinski definition) is 7. The van der Waals surface area contributed by atoms with E-state index in [0.29, 0.717) is 17.4 Å². The number of likely N-dealkylation sites (N-methyl/N-ethyl adjacent to an activating group) is 1. The first kappa shape index (κ1) is 20.5. The van der Waals surface area contributed by atoms with E-state index in [2.05, 4.69) is 38.1 Å². The van der Waals surface area contributed by atoms with Crippen molar-refractivity contribution in [3.63, 3.8) is 0 Å². The molecule has 0 bridgehead atoms. The molecule has 2 aromatic heterocycles. The van der Waals surface area contributed by atoms with E-state index in [1.165, 1.54) is 24.1 Å². The molecular formula is C24H29N7O. The summed E-state index contributed by atoms with van der Waals surface area (Å²) in [5.74, 6) is 1.21. The zero-order valence-corrected chi connectivity index (χ0v) is 18.6. The normalized spacial score (nSPS) is 16.4. The molecule has 0 saturated heterocycles. The Morgan fingerprint density at radius 2 is 2.03 bits per heavy atom. The van der Waals surface area contributed by atoms with Gasteiger partial charge in [0.1, 0.15) is 5.75 Å². The summed E-state index contributed by atoms with van der Waals surface area (Å²) in [6, 6.07) is 5.86. The van der Waals surface area contributed by atoms with Crippen molar-refractivity contribution in [3.8, 4) is 17.0 Å². The predicted octanol–water partition coefficient (Wildman–Crippen LogP) is 3.73. The third kappa shape index (κ3) is 3.93. The SMILES string of the molecule is COc1cc(C2=CCN(C)CC2)c(Nc2nccc(-c3cnn4c3CCCC4)n2)cc1N. The van der Waals surface area contributed by atoms with Gasteiger partial charge in [-0.05, 0) is 56.5 Å². The second-order valence-corrected chi connectivity index (χ2v) is 8.46. The third-order valence-electron chi connectivity index (χ3n) is 6.29. The molecule has 166 valence electrons. The fourth-order valence-corrected chi connectivity index (χ4v) is 4.48. The highest BCUT2D eigenvalue weighted by atomic mass is 16.5. The summed E-state index contributed by atoms with van der Waals surface area (Å²) in [6.07, 6.45) is 10.3. The molecule has 32 heavy (non-hydrogen) atoms. The molecule has 8 heteroatoms. The van der Waals surface area contributed by atoms with Crippen molar-refractivity contribution < 1.29 is 4.74 Å². The number of nitrogens with zero attached hydrogens (tertiary/aromatic N) is 5. The molecule has 3 aromatic rings. The van der Waals surface area contributed by atoms with Crippen molar-refractivity contribution in [2.75, 3.05) is 38.3 Å². The van der Waals surface area contributed by atoms with Gasteiger partial charge in [0.15, 0.2) is 0 Å². The topological polar surface area (TPSA) is 94.1 Å². The van der Waals surface area contributed by atoms with E-state index in [4.69, 9.17) is 15.5 Å². The Morgan fingerprint density at radius 1 is 1.12 bits per heavy atom. The lowest BCUT2D eigenvalue weighted by Crippen LogP contribution is -2.23. The van der Waals surface area contributed by atoms with Gasteiger partial charge in [-0.1, -0.05) is 6.08 Å². The molecule has 5 rings (SSSR count). The van der Waals surface area contributed by atoms with E-state index in [1.807, 2.05) is 24.4 Å². The number of fused-ring (bicyclic) bond motifs is 1. The van der Waals surface area contributed by atoms with E-state index in [1.54, 1.807) is 13.3 Å². The smallest absolute Gasteiger partial charge is 0.227 e. The number of hydrogen-bond donors (Lipinski definition) is 2. The average Bonchev–Trinajstić information content (AvgIpc) is 3.24. The Hall–Kier alpha value is -3.39. The first-order valence-corrected chi connectivity index (χ1v) is 11.1. The van der Waals surface area contributed by atoms with Gasteiger partial charge in [-0.2, -0.15) is 5.10 Å². The van der Waals surface area contributed by atoms with Gasteiger partial charge in [-0.25, -0.2) is 9.97 Å². The quantitative estimate of drug-likeness (QED) is 0.595. The average molecular weight is 432 g/mol. The standard InChI is InChI=1S/C24H29N7O/c1-30-11-7-16(8-12-30)17-13-23(32-2)19(25)14-21(17)29-24-26-9-6-20(28-24)18-15-27-31-10-4-3-5-22(18)31/h6-7,9,13-15H,3-5,8,10-12,25H2,1-2H3,(H,26,28,29). The minimum absolute atomic E-state index is 0.539. The van der Waals surface area contributed by atoms with Gasteiger partial charge in [0.25, 0.3) is 0 Å². The van der Waals surface area contributed by atoms with Crippen LogP contribution in [0.5, 0.6) is 5.75 Å². The summed E-state index contributed by atoms with van der Waals surface area (Å²) in [5, 5.41) is 7.97. The first-order valence-electron chi connectivity index (χ1n) is 11.1. The summed E-state index contributed by atoms with van der Waals surface area (Å²) in [6.45, 7) is 2.90. The van der Waals surface area contributed by atoms with E-state index < -0.39 is 0 Å². The molecule has 0 radical (unpaired) electrons. The number of benzene rings is 1. The molecule has 0 saturated carbocycles. The molecule has 3 N–H and O–H groups in total. The maximum absolute atomic E-state index is 6.24. The number of anilines is 3. The van der Waals surface area contributed by atoms with Crippen LogP contribution in [0.3, 0.4) is 0 Å². The van der Waals surface area contributed by atoms with Gasteiger partial charge in [0.05, 0.1) is 30.4 Å². The molecule has 0 fully saturated rings. The highest BCUT2D eigenvalue weighted by Crippen LogP contribution is 2.37. The molecule has 2 aliphatic rings. The number of aryl methyl sites for hydroxylation is 1. The lowest BCUT2D eigenvalue weighted by Gasteiger charge is -2.24. The van der Waals surface area contributed by atoms with Gasteiger partial charge in [-0.15, -0.1) is 0 Å². The highest BCUT2D eigenvalue weighted by molar-refractivity contribution is 5.83. The monoisotopic (exact) mass is 431 g/mol. The van der Waals surface area contributed by atoms with Gasteiger partial charge < -0.3 is 20.7 Å². The minimum Gasteiger partial charge on any atom is -0.495 e. The molecule has 0 amide bonds. The number of nitrogens with two attached hydrogens (primary N) is 1. The molecular weight excluding hydrogens is 402 g/mol. The second-order valence-electron chi connectivity index (χ2n) is 8.46.